The Balaban J connectivity index is 2.33. The second-order valence-electron chi connectivity index (χ2n) is 3.61. The lowest BCUT2D eigenvalue weighted by atomic mass is 10.4. The largest absolute Gasteiger partial charge is 0.748 e. The van der Waals surface area contributed by atoms with E-state index in [-0.39, 0.29) is 11.9 Å². The molecule has 0 N–H and O–H groups in total. The van der Waals surface area contributed by atoms with Crippen LogP contribution < -0.4 is 0 Å². The van der Waals surface area contributed by atoms with Crippen LogP contribution in [0.4, 0.5) is 0 Å². The van der Waals surface area contributed by atoms with Crippen molar-refractivity contribution in [3.8, 4) is 0 Å². The Kier molecular flexibility index (Phi) is 3.98. The molecule has 1 aliphatic heterocycles. The topological polar surface area (TPSA) is 63.7 Å². The van der Waals surface area contributed by atoms with E-state index in [4.69, 9.17) is 0 Å². The fraction of sp³-hybridized carbons (Fsp3) is 0.778. The third-order valence-electron chi connectivity index (χ3n) is 2.59. The van der Waals surface area contributed by atoms with E-state index in [9.17, 15) is 13.0 Å². The van der Waals surface area contributed by atoms with Crippen LogP contribution in [0, 0.1) is 0 Å². The molecule has 5 nitrogen and oxygen atoms in total. The van der Waals surface area contributed by atoms with Crippen molar-refractivity contribution in [3.05, 3.63) is 12.4 Å². The minimum absolute atomic E-state index is 0.254. The number of hydrogen-bond donors (Lipinski definition) is 0. The zero-order valence-electron chi connectivity index (χ0n) is 9.09. The van der Waals surface area contributed by atoms with Crippen LogP contribution in [0.1, 0.15) is 20.3 Å². The summed E-state index contributed by atoms with van der Waals surface area (Å²) in [7, 11) is -4.07. The Morgan fingerprint density at radius 2 is 1.93 bits per heavy atom. The predicted octanol–water partition coefficient (Wildman–Crippen LogP) is 0.376. The standard InChI is InChI=1S/C9H18N2O3S/c1-3-10-6-7-11(9(10)2)5-4-8-15(12,13)14/h6-7,9H,3-5,8H2,1-2H3,(H,12,13,14)/p-1. The fourth-order valence-electron chi connectivity index (χ4n) is 1.67. The lowest BCUT2D eigenvalue weighted by Crippen LogP contribution is -2.36. The van der Waals surface area contributed by atoms with Gasteiger partial charge in [-0.2, -0.15) is 0 Å². The van der Waals surface area contributed by atoms with E-state index in [0.717, 1.165) is 6.54 Å². The summed E-state index contributed by atoms with van der Waals surface area (Å²) in [6, 6.07) is 0. The summed E-state index contributed by atoms with van der Waals surface area (Å²) in [5.41, 5.74) is 0. The van der Waals surface area contributed by atoms with Crippen molar-refractivity contribution in [3.63, 3.8) is 0 Å². The average Bonchev–Trinajstić information content (AvgIpc) is 2.46. The maximum absolute atomic E-state index is 10.4. The van der Waals surface area contributed by atoms with Crippen molar-refractivity contribution in [2.45, 2.75) is 26.4 Å². The van der Waals surface area contributed by atoms with Crippen molar-refractivity contribution in [1.82, 2.24) is 9.80 Å². The lowest BCUT2D eigenvalue weighted by Gasteiger charge is -2.28. The zero-order valence-corrected chi connectivity index (χ0v) is 9.90. The van der Waals surface area contributed by atoms with E-state index in [1.807, 2.05) is 17.3 Å². The molecule has 0 saturated carbocycles. The first kappa shape index (κ1) is 12.3. The monoisotopic (exact) mass is 233 g/mol. The molecule has 0 fully saturated rings. The van der Waals surface area contributed by atoms with Crippen LogP contribution in [0.25, 0.3) is 0 Å². The number of rotatable bonds is 5. The summed E-state index contributed by atoms with van der Waals surface area (Å²) in [5.74, 6) is -0.282. The fourth-order valence-corrected chi connectivity index (χ4v) is 2.15. The Labute approximate surface area is 91.1 Å². The minimum atomic E-state index is -4.07. The summed E-state index contributed by atoms with van der Waals surface area (Å²) < 4.78 is 31.2. The molecule has 1 atom stereocenters. The van der Waals surface area contributed by atoms with Crippen molar-refractivity contribution < 1.29 is 13.0 Å². The first-order chi connectivity index (χ1) is 6.94. The van der Waals surface area contributed by atoms with Crippen LogP contribution in [-0.2, 0) is 10.1 Å². The van der Waals surface area contributed by atoms with Gasteiger partial charge >= 0.3 is 0 Å². The smallest absolute Gasteiger partial charge is 0.0977 e. The summed E-state index contributed by atoms with van der Waals surface area (Å²) in [6.45, 7) is 5.64. The molecule has 0 amide bonds. The molecule has 88 valence electrons. The van der Waals surface area contributed by atoms with Crippen LogP contribution in [0.2, 0.25) is 0 Å². The highest BCUT2D eigenvalue weighted by Gasteiger charge is 2.19. The normalized spacial score (nSPS) is 21.4. The van der Waals surface area contributed by atoms with Gasteiger partial charge in [0.15, 0.2) is 0 Å². The Morgan fingerprint density at radius 1 is 1.33 bits per heavy atom. The first-order valence-corrected chi connectivity index (χ1v) is 6.65. The van der Waals surface area contributed by atoms with Gasteiger partial charge in [-0.3, -0.25) is 0 Å². The first-order valence-electron chi connectivity index (χ1n) is 5.07. The molecular formula is C9H17N2O3S-. The molecule has 0 saturated heterocycles. The van der Waals surface area contributed by atoms with E-state index in [1.54, 1.807) is 0 Å². The molecule has 0 aromatic carbocycles. The van der Waals surface area contributed by atoms with E-state index in [2.05, 4.69) is 18.7 Å². The number of hydrogen-bond acceptors (Lipinski definition) is 5. The molecule has 0 spiro atoms. The molecule has 0 aromatic rings. The van der Waals surface area contributed by atoms with Gasteiger partial charge in [0.2, 0.25) is 0 Å². The Morgan fingerprint density at radius 3 is 2.40 bits per heavy atom. The highest BCUT2D eigenvalue weighted by atomic mass is 32.2. The molecule has 0 aliphatic carbocycles. The quantitative estimate of drug-likeness (QED) is 0.642. The molecule has 1 rings (SSSR count). The van der Waals surface area contributed by atoms with E-state index < -0.39 is 10.1 Å². The summed E-state index contributed by atoms with van der Waals surface area (Å²) in [5, 5.41) is 0. The maximum Gasteiger partial charge on any atom is 0.0977 e. The van der Waals surface area contributed by atoms with Crippen LogP contribution in [-0.4, -0.2) is 47.8 Å². The highest BCUT2D eigenvalue weighted by Crippen LogP contribution is 2.14. The van der Waals surface area contributed by atoms with Crippen molar-refractivity contribution >= 4 is 10.1 Å². The molecular weight excluding hydrogens is 216 g/mol. The van der Waals surface area contributed by atoms with E-state index in [0.29, 0.717) is 13.0 Å². The minimum Gasteiger partial charge on any atom is -0.748 e. The van der Waals surface area contributed by atoms with Gasteiger partial charge in [-0.1, -0.05) is 0 Å². The lowest BCUT2D eigenvalue weighted by molar-refractivity contribution is 0.176. The molecule has 1 heterocycles. The van der Waals surface area contributed by atoms with Crippen LogP contribution in [0.15, 0.2) is 12.4 Å². The molecule has 1 unspecified atom stereocenters. The van der Waals surface area contributed by atoms with Gasteiger partial charge in [0.1, 0.15) is 0 Å². The second-order valence-corrected chi connectivity index (χ2v) is 5.14. The van der Waals surface area contributed by atoms with Gasteiger partial charge in [0.05, 0.1) is 16.3 Å². The van der Waals surface area contributed by atoms with Gasteiger partial charge in [-0.05, 0) is 20.3 Å². The third kappa shape index (κ3) is 3.71. The molecule has 0 aromatic heterocycles. The van der Waals surface area contributed by atoms with Crippen LogP contribution in [0.5, 0.6) is 0 Å². The molecule has 0 radical (unpaired) electrons. The van der Waals surface area contributed by atoms with Gasteiger partial charge in [0, 0.05) is 31.2 Å². The maximum atomic E-state index is 10.4. The van der Waals surface area contributed by atoms with Gasteiger partial charge < -0.3 is 14.4 Å². The molecule has 1 aliphatic rings. The SMILES string of the molecule is CCN1C=CN(CCCS(=O)(=O)[O-])C1C. The highest BCUT2D eigenvalue weighted by molar-refractivity contribution is 7.85. The van der Waals surface area contributed by atoms with Gasteiger partial charge in [-0.15, -0.1) is 0 Å². The summed E-state index contributed by atoms with van der Waals surface area (Å²) in [6.07, 6.45) is 4.56. The molecule has 6 heteroatoms. The second kappa shape index (κ2) is 4.85. The predicted molar refractivity (Wildman–Crippen MR) is 56.9 cm³/mol. The molecule has 15 heavy (non-hydrogen) atoms. The Bertz CT molecular complexity index is 326. The molecule has 0 bridgehead atoms. The Hall–Kier alpha value is -0.750. The van der Waals surface area contributed by atoms with E-state index >= 15 is 0 Å². The summed E-state index contributed by atoms with van der Waals surface area (Å²) >= 11 is 0. The third-order valence-corrected chi connectivity index (χ3v) is 3.37. The van der Waals surface area contributed by atoms with Crippen LogP contribution in [0.3, 0.4) is 0 Å². The van der Waals surface area contributed by atoms with E-state index in [1.165, 1.54) is 0 Å². The average molecular weight is 233 g/mol. The van der Waals surface area contributed by atoms with Crippen molar-refractivity contribution in [2.75, 3.05) is 18.8 Å². The van der Waals surface area contributed by atoms with Gasteiger partial charge in [0.25, 0.3) is 0 Å². The van der Waals surface area contributed by atoms with Gasteiger partial charge in [-0.25, -0.2) is 8.42 Å². The summed E-state index contributed by atoms with van der Waals surface area (Å²) in [4.78, 5) is 4.18. The van der Waals surface area contributed by atoms with Crippen molar-refractivity contribution in [2.24, 2.45) is 0 Å². The zero-order chi connectivity index (χ0) is 11.5. The number of nitrogens with zero attached hydrogens (tertiary/aromatic N) is 2. The van der Waals surface area contributed by atoms with Crippen LogP contribution >= 0.6 is 0 Å². The van der Waals surface area contributed by atoms with Crippen molar-refractivity contribution in [1.29, 1.82) is 0 Å².